The van der Waals surface area contributed by atoms with Crippen molar-refractivity contribution in [2.75, 3.05) is 19.8 Å². The molecule has 1 aromatic rings. The first-order valence-electron chi connectivity index (χ1n) is 7.91. The molecule has 0 aliphatic carbocycles. The second kappa shape index (κ2) is 8.39. The van der Waals surface area contributed by atoms with Crippen LogP contribution in [0.25, 0.3) is 0 Å². The SMILES string of the molecule is C=C1NC(=O)C[C@H](c2ccc([N+](=O)[O-])cc2)[C@H]1C(=O)OCCOCC. The molecule has 0 aromatic heterocycles. The van der Waals surface area contributed by atoms with E-state index in [9.17, 15) is 19.7 Å². The van der Waals surface area contributed by atoms with Crippen molar-refractivity contribution in [1.82, 2.24) is 5.32 Å². The zero-order valence-electron chi connectivity index (χ0n) is 13.9. The number of nitrogens with one attached hydrogen (secondary N) is 1. The van der Waals surface area contributed by atoms with E-state index in [-0.39, 0.29) is 36.9 Å². The van der Waals surface area contributed by atoms with E-state index in [0.717, 1.165) is 0 Å². The summed E-state index contributed by atoms with van der Waals surface area (Å²) < 4.78 is 10.3. The monoisotopic (exact) mass is 348 g/mol. The van der Waals surface area contributed by atoms with Crippen molar-refractivity contribution >= 4 is 17.6 Å². The fourth-order valence-corrected chi connectivity index (χ4v) is 2.76. The van der Waals surface area contributed by atoms with Crippen LogP contribution in [0.3, 0.4) is 0 Å². The Balaban J connectivity index is 2.18. The van der Waals surface area contributed by atoms with Gasteiger partial charge in [0.25, 0.3) is 5.69 Å². The smallest absolute Gasteiger partial charge is 0.315 e. The van der Waals surface area contributed by atoms with Gasteiger partial charge >= 0.3 is 5.97 Å². The normalized spacial score (nSPS) is 20.0. The summed E-state index contributed by atoms with van der Waals surface area (Å²) in [6.07, 6.45) is 0.0715. The fraction of sp³-hybridized carbons (Fsp3) is 0.412. The van der Waals surface area contributed by atoms with Gasteiger partial charge in [-0.05, 0) is 12.5 Å². The summed E-state index contributed by atoms with van der Waals surface area (Å²) in [5, 5.41) is 13.3. The molecule has 134 valence electrons. The van der Waals surface area contributed by atoms with Crippen LogP contribution in [-0.2, 0) is 19.1 Å². The van der Waals surface area contributed by atoms with Gasteiger partial charge in [0.15, 0.2) is 0 Å². The van der Waals surface area contributed by atoms with E-state index in [1.807, 2.05) is 6.92 Å². The van der Waals surface area contributed by atoms with Gasteiger partial charge in [0.05, 0.1) is 11.5 Å². The van der Waals surface area contributed by atoms with Crippen molar-refractivity contribution in [3.63, 3.8) is 0 Å². The summed E-state index contributed by atoms with van der Waals surface area (Å²) >= 11 is 0. The third-order valence-corrected chi connectivity index (χ3v) is 3.95. The van der Waals surface area contributed by atoms with Crippen LogP contribution in [0.2, 0.25) is 0 Å². The Morgan fingerprint density at radius 2 is 2.04 bits per heavy atom. The van der Waals surface area contributed by atoms with Crippen molar-refractivity contribution in [2.45, 2.75) is 19.3 Å². The Bertz CT molecular complexity index is 670. The Morgan fingerprint density at radius 1 is 1.36 bits per heavy atom. The average molecular weight is 348 g/mol. The standard InChI is InChI=1S/C17H20N2O6/c1-3-24-8-9-25-17(21)16-11(2)18-15(20)10-14(16)12-4-6-13(7-5-12)19(22)23/h4-7,14,16H,2-3,8-10H2,1H3,(H,18,20)/t14-,16+/m1/s1. The molecule has 0 spiro atoms. The number of carbonyl (C=O) groups is 2. The zero-order valence-corrected chi connectivity index (χ0v) is 13.9. The molecule has 1 aromatic carbocycles. The van der Waals surface area contributed by atoms with Gasteiger partial charge in [0, 0.05) is 36.8 Å². The van der Waals surface area contributed by atoms with Gasteiger partial charge in [-0.15, -0.1) is 0 Å². The van der Waals surface area contributed by atoms with Crippen molar-refractivity contribution in [3.05, 3.63) is 52.2 Å². The number of rotatable bonds is 7. The van der Waals surface area contributed by atoms with Gasteiger partial charge in [-0.1, -0.05) is 18.7 Å². The predicted octanol–water partition coefficient (Wildman–Crippen LogP) is 1.91. The van der Waals surface area contributed by atoms with Crippen LogP contribution >= 0.6 is 0 Å². The first-order chi connectivity index (χ1) is 11.9. The molecule has 2 rings (SSSR count). The van der Waals surface area contributed by atoms with E-state index < -0.39 is 22.7 Å². The molecular weight excluding hydrogens is 328 g/mol. The summed E-state index contributed by atoms with van der Waals surface area (Å²) in [5.74, 6) is -2.00. The number of hydrogen-bond acceptors (Lipinski definition) is 6. The molecule has 1 heterocycles. The fourth-order valence-electron chi connectivity index (χ4n) is 2.76. The number of nitrogens with zero attached hydrogens (tertiary/aromatic N) is 1. The minimum absolute atomic E-state index is 0.0568. The van der Waals surface area contributed by atoms with Gasteiger partial charge in [-0.3, -0.25) is 19.7 Å². The van der Waals surface area contributed by atoms with Crippen molar-refractivity contribution in [1.29, 1.82) is 0 Å². The molecule has 25 heavy (non-hydrogen) atoms. The van der Waals surface area contributed by atoms with E-state index in [4.69, 9.17) is 9.47 Å². The summed E-state index contributed by atoms with van der Waals surface area (Å²) in [4.78, 5) is 34.6. The maximum atomic E-state index is 12.4. The number of hydrogen-bond donors (Lipinski definition) is 1. The first-order valence-corrected chi connectivity index (χ1v) is 7.91. The number of ether oxygens (including phenoxy) is 2. The van der Waals surface area contributed by atoms with Crippen LogP contribution in [0.1, 0.15) is 24.8 Å². The van der Waals surface area contributed by atoms with Crippen LogP contribution in [-0.4, -0.2) is 36.6 Å². The van der Waals surface area contributed by atoms with E-state index >= 15 is 0 Å². The zero-order chi connectivity index (χ0) is 18.4. The number of piperidine rings is 1. The summed E-state index contributed by atoms with van der Waals surface area (Å²) in [6.45, 7) is 6.52. The molecule has 0 saturated carbocycles. The first kappa shape index (κ1) is 18.6. The van der Waals surface area contributed by atoms with Crippen LogP contribution in [0.15, 0.2) is 36.5 Å². The molecule has 1 saturated heterocycles. The van der Waals surface area contributed by atoms with Gasteiger partial charge < -0.3 is 14.8 Å². The number of benzene rings is 1. The molecule has 1 aliphatic rings. The van der Waals surface area contributed by atoms with Crippen molar-refractivity contribution in [2.24, 2.45) is 5.92 Å². The van der Waals surface area contributed by atoms with Gasteiger partial charge in [0.2, 0.25) is 5.91 Å². The highest BCUT2D eigenvalue weighted by atomic mass is 16.6. The summed E-state index contributed by atoms with van der Waals surface area (Å²) in [5.41, 5.74) is 0.855. The lowest BCUT2D eigenvalue weighted by Crippen LogP contribution is -2.41. The van der Waals surface area contributed by atoms with Crippen LogP contribution in [0.5, 0.6) is 0 Å². The lowest BCUT2D eigenvalue weighted by atomic mass is 9.79. The second-order valence-corrected chi connectivity index (χ2v) is 5.57. The highest BCUT2D eigenvalue weighted by molar-refractivity contribution is 5.86. The molecule has 1 aliphatic heterocycles. The highest BCUT2D eigenvalue weighted by Gasteiger charge is 2.39. The van der Waals surface area contributed by atoms with Crippen LogP contribution in [0.4, 0.5) is 5.69 Å². The van der Waals surface area contributed by atoms with Crippen molar-refractivity contribution in [3.8, 4) is 0 Å². The van der Waals surface area contributed by atoms with Gasteiger partial charge in [-0.2, -0.15) is 0 Å². The molecule has 1 amide bonds. The molecule has 1 fully saturated rings. The number of esters is 1. The van der Waals surface area contributed by atoms with E-state index in [2.05, 4.69) is 11.9 Å². The van der Waals surface area contributed by atoms with E-state index in [1.165, 1.54) is 12.1 Å². The van der Waals surface area contributed by atoms with Crippen LogP contribution < -0.4 is 5.32 Å². The Labute approximate surface area is 145 Å². The lowest BCUT2D eigenvalue weighted by Gasteiger charge is -2.32. The van der Waals surface area contributed by atoms with Crippen LogP contribution in [0, 0.1) is 16.0 Å². The van der Waals surface area contributed by atoms with Gasteiger partial charge in [-0.25, -0.2) is 0 Å². The molecule has 0 unspecified atom stereocenters. The maximum Gasteiger partial charge on any atom is 0.315 e. The molecule has 1 N–H and O–H groups in total. The largest absolute Gasteiger partial charge is 0.463 e. The predicted molar refractivity (Wildman–Crippen MR) is 88.7 cm³/mol. The number of non-ortho nitro benzene ring substituents is 1. The molecule has 0 radical (unpaired) electrons. The molecular formula is C17H20N2O6. The third-order valence-electron chi connectivity index (χ3n) is 3.95. The second-order valence-electron chi connectivity index (χ2n) is 5.57. The van der Waals surface area contributed by atoms with Crippen molar-refractivity contribution < 1.29 is 24.0 Å². The molecule has 8 heteroatoms. The van der Waals surface area contributed by atoms with Gasteiger partial charge in [0.1, 0.15) is 12.5 Å². The lowest BCUT2D eigenvalue weighted by molar-refractivity contribution is -0.384. The van der Waals surface area contributed by atoms with E-state index in [1.54, 1.807) is 12.1 Å². The Kier molecular flexibility index (Phi) is 6.24. The summed E-state index contributed by atoms with van der Waals surface area (Å²) in [6, 6.07) is 5.80. The molecule has 2 atom stereocenters. The summed E-state index contributed by atoms with van der Waals surface area (Å²) in [7, 11) is 0. The minimum Gasteiger partial charge on any atom is -0.463 e. The Morgan fingerprint density at radius 3 is 2.64 bits per heavy atom. The number of carbonyl (C=O) groups excluding carboxylic acids is 2. The number of nitro benzene ring substituents is 1. The molecule has 8 nitrogen and oxygen atoms in total. The maximum absolute atomic E-state index is 12.4. The average Bonchev–Trinajstić information content (AvgIpc) is 2.58. The number of amides is 1. The minimum atomic E-state index is -0.749. The Hall–Kier alpha value is -2.74. The van der Waals surface area contributed by atoms with E-state index in [0.29, 0.717) is 12.2 Å². The topological polar surface area (TPSA) is 108 Å². The quantitative estimate of drug-likeness (QED) is 0.349. The molecule has 0 bridgehead atoms. The number of nitro groups is 1. The third kappa shape index (κ3) is 4.63. The highest BCUT2D eigenvalue weighted by Crippen LogP contribution is 2.36.